The molecule has 0 saturated heterocycles. The molecule has 0 fully saturated rings. The number of aryl methyl sites for hydroxylation is 1. The number of anilines is 1. The zero-order valence-corrected chi connectivity index (χ0v) is 15.4. The third-order valence-corrected chi connectivity index (χ3v) is 4.50. The van der Waals surface area contributed by atoms with Crippen molar-refractivity contribution < 1.29 is 4.74 Å². The lowest BCUT2D eigenvalue weighted by Crippen LogP contribution is -2.43. The van der Waals surface area contributed by atoms with Crippen LogP contribution in [0.5, 0.6) is 11.6 Å². The average Bonchev–Trinajstić information content (AvgIpc) is 3.08. The van der Waals surface area contributed by atoms with E-state index >= 15 is 0 Å². The lowest BCUT2D eigenvalue weighted by atomic mass is 10.0. The number of hydrogen-bond donors (Lipinski definition) is 1. The zero-order valence-electron chi connectivity index (χ0n) is 15.4. The van der Waals surface area contributed by atoms with E-state index in [0.717, 1.165) is 5.56 Å². The van der Waals surface area contributed by atoms with Gasteiger partial charge in [-0.2, -0.15) is 5.26 Å². The highest BCUT2D eigenvalue weighted by molar-refractivity contribution is 5.74. The van der Waals surface area contributed by atoms with Crippen molar-refractivity contribution in [2.24, 2.45) is 12.0 Å². The molecular weight excluding hydrogens is 354 g/mol. The predicted molar refractivity (Wildman–Crippen MR) is 105 cm³/mol. The summed E-state index contributed by atoms with van der Waals surface area (Å²) in [6, 6.07) is 10.5. The van der Waals surface area contributed by atoms with Crippen LogP contribution in [0.2, 0.25) is 0 Å². The number of aromatic nitrogens is 2. The third kappa shape index (κ3) is 3.01. The Bertz CT molecular complexity index is 1300. The van der Waals surface area contributed by atoms with Crippen LogP contribution in [0.15, 0.2) is 52.5 Å². The Kier molecular flexibility index (Phi) is 4.17. The van der Waals surface area contributed by atoms with E-state index in [1.54, 1.807) is 43.6 Å². The SMILES string of the molecule is CC1C=c2c(c(-c3cc(N)ccc3Oc3ccc(C#N)cn3)cn(C)c2=O)=N1. The molecule has 1 aliphatic heterocycles. The maximum absolute atomic E-state index is 12.5. The molecule has 1 unspecified atom stereocenters. The van der Waals surface area contributed by atoms with Gasteiger partial charge in [0.25, 0.3) is 5.56 Å². The number of nitrogens with zero attached hydrogens (tertiary/aromatic N) is 4. The summed E-state index contributed by atoms with van der Waals surface area (Å²) < 4.78 is 7.49. The van der Waals surface area contributed by atoms with Crippen molar-refractivity contribution in [2.75, 3.05) is 5.73 Å². The summed E-state index contributed by atoms with van der Waals surface area (Å²) in [7, 11) is 1.71. The van der Waals surface area contributed by atoms with Crippen molar-refractivity contribution in [3.8, 4) is 28.8 Å². The quantitative estimate of drug-likeness (QED) is 0.702. The molecule has 1 atom stereocenters. The number of rotatable bonds is 3. The van der Waals surface area contributed by atoms with Crippen LogP contribution in [0.3, 0.4) is 0 Å². The fraction of sp³-hybridized carbons (Fsp3) is 0.143. The molecule has 2 aromatic heterocycles. The van der Waals surface area contributed by atoms with Gasteiger partial charge >= 0.3 is 0 Å². The molecule has 7 nitrogen and oxygen atoms in total. The molecular formula is C21H17N5O2. The number of pyridine rings is 2. The number of fused-ring (bicyclic) bond motifs is 1. The average molecular weight is 371 g/mol. The van der Waals surface area contributed by atoms with E-state index in [1.807, 2.05) is 19.1 Å². The Morgan fingerprint density at radius 3 is 2.79 bits per heavy atom. The smallest absolute Gasteiger partial charge is 0.259 e. The summed E-state index contributed by atoms with van der Waals surface area (Å²) in [6.07, 6.45) is 5.04. The molecule has 0 spiro atoms. The van der Waals surface area contributed by atoms with Crippen molar-refractivity contribution in [1.29, 1.82) is 5.26 Å². The first-order valence-electron chi connectivity index (χ1n) is 8.69. The molecule has 0 bridgehead atoms. The maximum Gasteiger partial charge on any atom is 0.259 e. The maximum atomic E-state index is 12.5. The van der Waals surface area contributed by atoms with Gasteiger partial charge in [0.2, 0.25) is 5.88 Å². The van der Waals surface area contributed by atoms with Crippen molar-refractivity contribution in [3.63, 3.8) is 0 Å². The molecule has 3 heterocycles. The summed E-state index contributed by atoms with van der Waals surface area (Å²) in [4.78, 5) is 21.2. The number of benzene rings is 1. The van der Waals surface area contributed by atoms with Gasteiger partial charge in [-0.1, -0.05) is 0 Å². The van der Waals surface area contributed by atoms with Crippen molar-refractivity contribution in [3.05, 3.63) is 69.2 Å². The first-order valence-corrected chi connectivity index (χ1v) is 8.69. The highest BCUT2D eigenvalue weighted by atomic mass is 16.5. The molecule has 4 rings (SSSR count). The number of ether oxygens (including phenoxy) is 1. The van der Waals surface area contributed by atoms with E-state index in [4.69, 9.17) is 15.7 Å². The zero-order chi connectivity index (χ0) is 19.8. The minimum Gasteiger partial charge on any atom is -0.438 e. The molecule has 28 heavy (non-hydrogen) atoms. The number of hydrogen-bond acceptors (Lipinski definition) is 6. The van der Waals surface area contributed by atoms with E-state index in [0.29, 0.717) is 39.0 Å². The van der Waals surface area contributed by atoms with Gasteiger partial charge in [0.1, 0.15) is 11.8 Å². The molecule has 0 saturated carbocycles. The predicted octanol–water partition coefficient (Wildman–Crippen LogP) is 1.50. The van der Waals surface area contributed by atoms with E-state index < -0.39 is 0 Å². The lowest BCUT2D eigenvalue weighted by Gasteiger charge is -2.13. The Hall–Kier alpha value is -3.92. The van der Waals surface area contributed by atoms with Gasteiger partial charge in [-0.25, -0.2) is 4.98 Å². The van der Waals surface area contributed by atoms with Crippen LogP contribution in [0.1, 0.15) is 12.5 Å². The summed E-state index contributed by atoms with van der Waals surface area (Å²) in [5.41, 5.74) is 8.41. The summed E-state index contributed by atoms with van der Waals surface area (Å²) >= 11 is 0. The van der Waals surface area contributed by atoms with Crippen LogP contribution in [0, 0.1) is 11.3 Å². The van der Waals surface area contributed by atoms with Gasteiger partial charge in [-0.3, -0.25) is 9.79 Å². The Labute approximate surface area is 160 Å². The van der Waals surface area contributed by atoms with Gasteiger partial charge in [-0.05, 0) is 37.3 Å². The fourth-order valence-electron chi connectivity index (χ4n) is 3.18. The Morgan fingerprint density at radius 1 is 1.25 bits per heavy atom. The van der Waals surface area contributed by atoms with Gasteiger partial charge in [0.15, 0.2) is 0 Å². The number of nitriles is 1. The molecule has 0 amide bonds. The Balaban J connectivity index is 1.90. The van der Waals surface area contributed by atoms with Crippen molar-refractivity contribution in [1.82, 2.24) is 9.55 Å². The van der Waals surface area contributed by atoms with Crippen LogP contribution < -0.4 is 26.6 Å². The number of nitrogens with two attached hydrogens (primary N) is 1. The highest BCUT2D eigenvalue weighted by Crippen LogP contribution is 2.32. The largest absolute Gasteiger partial charge is 0.438 e. The minimum atomic E-state index is -0.0908. The van der Waals surface area contributed by atoms with Gasteiger partial charge < -0.3 is 15.0 Å². The van der Waals surface area contributed by atoms with Gasteiger partial charge in [-0.15, -0.1) is 0 Å². The van der Waals surface area contributed by atoms with Crippen LogP contribution in [-0.4, -0.2) is 15.6 Å². The van der Waals surface area contributed by atoms with Crippen molar-refractivity contribution in [2.45, 2.75) is 13.0 Å². The van der Waals surface area contributed by atoms with E-state index in [9.17, 15) is 4.79 Å². The normalized spacial score (nSPS) is 14.5. The second kappa shape index (κ2) is 6.67. The molecule has 138 valence electrons. The van der Waals surface area contributed by atoms with E-state index in [2.05, 4.69) is 9.98 Å². The topological polar surface area (TPSA) is 106 Å². The monoisotopic (exact) mass is 371 g/mol. The molecule has 0 aliphatic carbocycles. The molecule has 3 aromatic rings. The van der Waals surface area contributed by atoms with Crippen LogP contribution in [-0.2, 0) is 7.05 Å². The molecule has 1 aromatic carbocycles. The second-order valence-electron chi connectivity index (χ2n) is 6.61. The summed E-state index contributed by atoms with van der Waals surface area (Å²) in [5, 5.41) is 10.1. The second-order valence-corrected chi connectivity index (χ2v) is 6.61. The van der Waals surface area contributed by atoms with Crippen LogP contribution in [0.25, 0.3) is 17.2 Å². The lowest BCUT2D eigenvalue weighted by molar-refractivity contribution is 0.464. The first-order chi connectivity index (χ1) is 13.5. The fourth-order valence-corrected chi connectivity index (χ4v) is 3.18. The minimum absolute atomic E-state index is 0.0746. The summed E-state index contributed by atoms with van der Waals surface area (Å²) in [6.45, 7) is 1.93. The van der Waals surface area contributed by atoms with Crippen LogP contribution >= 0.6 is 0 Å². The Morgan fingerprint density at radius 2 is 2.07 bits per heavy atom. The molecule has 1 aliphatic rings. The summed E-state index contributed by atoms with van der Waals surface area (Å²) in [5.74, 6) is 0.880. The molecule has 7 heteroatoms. The first kappa shape index (κ1) is 17.5. The molecule has 0 radical (unpaired) electrons. The highest BCUT2D eigenvalue weighted by Gasteiger charge is 2.17. The third-order valence-electron chi connectivity index (χ3n) is 4.50. The number of nitrogen functional groups attached to an aromatic ring is 1. The van der Waals surface area contributed by atoms with Crippen LogP contribution in [0.4, 0.5) is 5.69 Å². The van der Waals surface area contributed by atoms with E-state index in [1.165, 1.54) is 10.8 Å². The standard InChI is InChI=1S/C21H17N5O2/c1-12-7-16-20(25-12)17(11-26(2)21(16)27)15-8-14(23)4-5-18(15)28-19-6-3-13(9-22)10-24-19/h3-8,10-12H,23H2,1-2H3. The molecule has 2 N–H and O–H groups in total. The van der Waals surface area contributed by atoms with Gasteiger partial charge in [0.05, 0.1) is 22.2 Å². The van der Waals surface area contributed by atoms with Crippen molar-refractivity contribution >= 4 is 11.8 Å². The van der Waals surface area contributed by atoms with E-state index in [-0.39, 0.29) is 11.6 Å². The van der Waals surface area contributed by atoms with Gasteiger partial charge in [0, 0.05) is 42.3 Å².